The van der Waals surface area contributed by atoms with E-state index in [2.05, 4.69) is 13.8 Å². The van der Waals surface area contributed by atoms with E-state index >= 15 is 0 Å². The lowest BCUT2D eigenvalue weighted by Gasteiger charge is -2.46. The molecule has 1 saturated heterocycles. The molecule has 0 amide bonds. The van der Waals surface area contributed by atoms with Crippen LogP contribution in [0.4, 0.5) is 0 Å². The van der Waals surface area contributed by atoms with Crippen molar-refractivity contribution in [1.29, 1.82) is 0 Å². The number of ether oxygens (including phenoxy) is 3. The summed E-state index contributed by atoms with van der Waals surface area (Å²) in [4.78, 5) is 0. The summed E-state index contributed by atoms with van der Waals surface area (Å²) in [5.41, 5.74) is 0.438. The highest BCUT2D eigenvalue weighted by atomic mass is 16.6. The van der Waals surface area contributed by atoms with Crippen molar-refractivity contribution in [3.05, 3.63) is 0 Å². The van der Waals surface area contributed by atoms with Gasteiger partial charge in [0, 0.05) is 6.61 Å². The zero-order valence-electron chi connectivity index (χ0n) is 17.4. The van der Waals surface area contributed by atoms with E-state index in [-0.39, 0.29) is 6.10 Å². The van der Waals surface area contributed by atoms with Crippen LogP contribution in [0.15, 0.2) is 0 Å². The summed E-state index contributed by atoms with van der Waals surface area (Å²) in [6.45, 7) is 7.60. The Balaban J connectivity index is 1.14. The average molecular weight is 381 g/mol. The third-order valence-corrected chi connectivity index (χ3v) is 8.10. The van der Waals surface area contributed by atoms with Gasteiger partial charge in [0.2, 0.25) is 0 Å². The first-order chi connectivity index (χ1) is 13.0. The first-order valence-electron chi connectivity index (χ1n) is 11.5. The van der Waals surface area contributed by atoms with Crippen LogP contribution in [0.5, 0.6) is 0 Å². The summed E-state index contributed by atoms with van der Waals surface area (Å²) in [5, 5.41) is 9.42. The lowest BCUT2D eigenvalue weighted by atomic mass is 9.60. The van der Waals surface area contributed by atoms with Crippen LogP contribution in [0, 0.1) is 23.2 Å². The maximum absolute atomic E-state index is 9.42. The number of hydrogen-bond donors (Lipinski definition) is 1. The molecule has 0 aromatic carbocycles. The number of hydrogen-bond acceptors (Lipinski definition) is 4. The Morgan fingerprint density at radius 2 is 1.41 bits per heavy atom. The van der Waals surface area contributed by atoms with Crippen molar-refractivity contribution in [3.8, 4) is 0 Å². The Hall–Kier alpha value is -0.160. The second-order valence-electron chi connectivity index (χ2n) is 10.3. The second kappa shape index (κ2) is 8.69. The van der Waals surface area contributed by atoms with Crippen LogP contribution in [0.3, 0.4) is 0 Å². The molecular weight excluding hydrogens is 340 g/mol. The summed E-state index contributed by atoms with van der Waals surface area (Å²) in [5.74, 6) is 2.20. The molecule has 4 heteroatoms. The van der Waals surface area contributed by atoms with Gasteiger partial charge in [-0.3, -0.25) is 0 Å². The molecule has 27 heavy (non-hydrogen) atoms. The molecular formula is C23H40O4. The monoisotopic (exact) mass is 380 g/mol. The summed E-state index contributed by atoms with van der Waals surface area (Å²) >= 11 is 0. The maximum Gasteiger partial charge on any atom is 0.104 e. The van der Waals surface area contributed by atoms with Crippen molar-refractivity contribution in [2.75, 3.05) is 19.8 Å². The van der Waals surface area contributed by atoms with Crippen molar-refractivity contribution >= 4 is 0 Å². The Bertz CT molecular complexity index is 459. The summed E-state index contributed by atoms with van der Waals surface area (Å²) in [6.07, 6.45) is 13.5. The predicted molar refractivity (Wildman–Crippen MR) is 106 cm³/mol. The van der Waals surface area contributed by atoms with Gasteiger partial charge in [-0.25, -0.2) is 0 Å². The molecule has 3 atom stereocenters. The van der Waals surface area contributed by atoms with Crippen molar-refractivity contribution in [1.82, 2.24) is 0 Å². The molecule has 1 aliphatic heterocycles. The summed E-state index contributed by atoms with van der Waals surface area (Å²) in [7, 11) is 0. The van der Waals surface area contributed by atoms with Gasteiger partial charge in [-0.2, -0.15) is 0 Å². The fourth-order valence-corrected chi connectivity index (χ4v) is 5.62. The van der Waals surface area contributed by atoms with Gasteiger partial charge in [-0.05, 0) is 87.4 Å². The lowest BCUT2D eigenvalue weighted by Crippen LogP contribution is -2.39. The van der Waals surface area contributed by atoms with Crippen molar-refractivity contribution in [2.45, 2.75) is 102 Å². The van der Waals surface area contributed by atoms with Gasteiger partial charge < -0.3 is 19.3 Å². The van der Waals surface area contributed by atoms with E-state index in [9.17, 15) is 5.11 Å². The molecule has 3 saturated carbocycles. The predicted octanol–water partition coefficient (Wildman–Crippen LogP) is 4.33. The Labute approximate surface area is 165 Å². The highest BCUT2D eigenvalue weighted by Gasteiger charge is 2.41. The summed E-state index contributed by atoms with van der Waals surface area (Å²) in [6, 6.07) is 0. The number of aliphatic hydroxyl groups excluding tert-OH is 1. The molecule has 0 aromatic rings. The van der Waals surface area contributed by atoms with E-state index in [1.807, 2.05) is 0 Å². The standard InChI is InChI=1S/C23H40O4/c1-23(2,18-5-9-20(10-6-18)26-14-21-15-27-21)17-3-7-19(8-4-17)25-12-11-16-13-22(16)24/h16-22,24H,3-15H2,1-2H3. The maximum atomic E-state index is 9.42. The normalized spacial score (nSPS) is 42.1. The highest BCUT2D eigenvalue weighted by molar-refractivity contribution is 4.91. The van der Waals surface area contributed by atoms with Crippen LogP contribution >= 0.6 is 0 Å². The highest BCUT2D eigenvalue weighted by Crippen LogP contribution is 2.49. The number of aliphatic hydroxyl groups is 1. The molecule has 4 nitrogen and oxygen atoms in total. The van der Waals surface area contributed by atoms with Gasteiger partial charge in [0.25, 0.3) is 0 Å². The van der Waals surface area contributed by atoms with E-state index in [1.54, 1.807) is 0 Å². The largest absolute Gasteiger partial charge is 0.393 e. The van der Waals surface area contributed by atoms with Gasteiger partial charge >= 0.3 is 0 Å². The minimum absolute atomic E-state index is 0.0346. The molecule has 4 aliphatic rings. The quantitative estimate of drug-likeness (QED) is 0.605. The average Bonchev–Trinajstić information content (AvgIpc) is 3.60. The minimum Gasteiger partial charge on any atom is -0.393 e. The Kier molecular flexibility index (Phi) is 6.48. The van der Waals surface area contributed by atoms with E-state index in [4.69, 9.17) is 14.2 Å². The number of epoxide rings is 1. The fraction of sp³-hybridized carbons (Fsp3) is 1.00. The van der Waals surface area contributed by atoms with E-state index in [0.29, 0.717) is 29.6 Å². The molecule has 3 unspecified atom stereocenters. The van der Waals surface area contributed by atoms with Gasteiger partial charge in [0.1, 0.15) is 6.10 Å². The molecule has 0 spiro atoms. The van der Waals surface area contributed by atoms with E-state index in [1.165, 1.54) is 51.4 Å². The van der Waals surface area contributed by atoms with Crippen LogP contribution in [-0.4, -0.2) is 49.3 Å². The van der Waals surface area contributed by atoms with Crippen molar-refractivity contribution < 1.29 is 19.3 Å². The molecule has 0 aromatic heterocycles. The van der Waals surface area contributed by atoms with Crippen molar-refractivity contribution in [3.63, 3.8) is 0 Å². The Morgan fingerprint density at radius 1 is 0.889 bits per heavy atom. The van der Waals surface area contributed by atoms with E-state index < -0.39 is 0 Å². The van der Waals surface area contributed by atoms with Crippen LogP contribution < -0.4 is 0 Å². The van der Waals surface area contributed by atoms with Gasteiger partial charge in [0.15, 0.2) is 0 Å². The lowest BCUT2D eigenvalue weighted by molar-refractivity contribution is -0.0379. The third-order valence-electron chi connectivity index (χ3n) is 8.10. The zero-order chi connectivity index (χ0) is 18.9. The minimum atomic E-state index is -0.0346. The third kappa shape index (κ3) is 5.46. The molecule has 0 radical (unpaired) electrons. The molecule has 4 fully saturated rings. The van der Waals surface area contributed by atoms with Gasteiger partial charge in [-0.1, -0.05) is 13.8 Å². The fourth-order valence-electron chi connectivity index (χ4n) is 5.62. The number of rotatable bonds is 9. The SMILES string of the molecule is CC(C)(C1CCC(OCCC2CC2O)CC1)C1CCC(OCC2CO2)CC1. The first-order valence-corrected chi connectivity index (χ1v) is 11.5. The summed E-state index contributed by atoms with van der Waals surface area (Å²) < 4.78 is 17.4. The molecule has 0 bridgehead atoms. The van der Waals surface area contributed by atoms with E-state index in [0.717, 1.165) is 44.5 Å². The molecule has 4 rings (SSSR count). The Morgan fingerprint density at radius 3 is 1.89 bits per heavy atom. The zero-order valence-corrected chi connectivity index (χ0v) is 17.4. The van der Waals surface area contributed by atoms with Crippen molar-refractivity contribution in [2.24, 2.45) is 23.2 Å². The van der Waals surface area contributed by atoms with Gasteiger partial charge in [-0.15, -0.1) is 0 Å². The first kappa shape index (κ1) is 20.1. The molecule has 1 heterocycles. The molecule has 3 aliphatic carbocycles. The van der Waals surface area contributed by atoms with Crippen LogP contribution in [0.2, 0.25) is 0 Å². The molecule has 1 N–H and O–H groups in total. The molecule has 156 valence electrons. The van der Waals surface area contributed by atoms with Crippen LogP contribution in [-0.2, 0) is 14.2 Å². The smallest absolute Gasteiger partial charge is 0.104 e. The van der Waals surface area contributed by atoms with Crippen LogP contribution in [0.25, 0.3) is 0 Å². The second-order valence-corrected chi connectivity index (χ2v) is 10.3. The van der Waals surface area contributed by atoms with Gasteiger partial charge in [0.05, 0.1) is 31.5 Å². The van der Waals surface area contributed by atoms with Crippen LogP contribution in [0.1, 0.15) is 78.1 Å². The topological polar surface area (TPSA) is 51.2 Å².